The van der Waals surface area contributed by atoms with Crippen molar-refractivity contribution in [3.8, 4) is 0 Å². The van der Waals surface area contributed by atoms with Crippen LogP contribution in [0.1, 0.15) is 45.9 Å². The number of benzene rings is 1. The van der Waals surface area contributed by atoms with Crippen molar-refractivity contribution in [1.82, 2.24) is 19.9 Å². The number of rotatable bonds is 7. The summed E-state index contributed by atoms with van der Waals surface area (Å²) in [5.74, 6) is 0. The molecule has 0 saturated carbocycles. The van der Waals surface area contributed by atoms with Gasteiger partial charge in [-0.1, -0.05) is 6.07 Å². The lowest BCUT2D eigenvalue weighted by atomic mass is 9.96. The Bertz CT molecular complexity index is 1590. The summed E-state index contributed by atoms with van der Waals surface area (Å²) in [6, 6.07) is 17.5. The first-order valence-corrected chi connectivity index (χ1v) is 14.6. The average Bonchev–Trinajstić information content (AvgIpc) is 3.36. The molecule has 5 rings (SSSR count). The number of hydrogen-bond acceptors (Lipinski definition) is 5. The standard InChI is InChI=1S/C28H30N6O2S2/c1-18-15-22(8-9-24(18)32-38(4,35)36)34-27(26(31-28(34)37)25-7-5-6-12-30-25)23-16-19(2)33(20(23)3)17-21-10-13-29-14-11-21/h5-16,26-27,32H,17H2,1-4H3,(H,31,37)/t26-,27+/m0/s1. The van der Waals surface area contributed by atoms with E-state index in [-0.39, 0.29) is 12.1 Å². The lowest BCUT2D eigenvalue weighted by Crippen LogP contribution is -2.29. The minimum atomic E-state index is -3.39. The average molecular weight is 547 g/mol. The molecule has 1 saturated heterocycles. The highest BCUT2D eigenvalue weighted by molar-refractivity contribution is 7.92. The molecule has 196 valence electrons. The van der Waals surface area contributed by atoms with Gasteiger partial charge in [-0.2, -0.15) is 0 Å². The van der Waals surface area contributed by atoms with Gasteiger partial charge < -0.3 is 14.8 Å². The van der Waals surface area contributed by atoms with E-state index in [1.165, 1.54) is 5.56 Å². The van der Waals surface area contributed by atoms with Crippen LogP contribution >= 0.6 is 12.2 Å². The van der Waals surface area contributed by atoms with Crippen LogP contribution in [0.5, 0.6) is 0 Å². The van der Waals surface area contributed by atoms with Crippen molar-refractivity contribution < 1.29 is 8.42 Å². The van der Waals surface area contributed by atoms with Gasteiger partial charge in [-0.15, -0.1) is 0 Å². The predicted molar refractivity (Wildman–Crippen MR) is 155 cm³/mol. The second-order valence-electron chi connectivity index (χ2n) is 9.64. The van der Waals surface area contributed by atoms with Crippen LogP contribution in [-0.2, 0) is 16.6 Å². The molecule has 3 aromatic heterocycles. The largest absolute Gasteiger partial charge is 0.351 e. The van der Waals surface area contributed by atoms with Gasteiger partial charge in [-0.05, 0) is 98.2 Å². The van der Waals surface area contributed by atoms with Crippen LogP contribution < -0.4 is 14.9 Å². The summed E-state index contributed by atoms with van der Waals surface area (Å²) >= 11 is 5.89. The maximum Gasteiger partial charge on any atom is 0.229 e. The summed E-state index contributed by atoms with van der Waals surface area (Å²) in [4.78, 5) is 10.9. The molecule has 4 heterocycles. The van der Waals surface area contributed by atoms with E-state index in [0.717, 1.165) is 46.7 Å². The van der Waals surface area contributed by atoms with E-state index in [4.69, 9.17) is 12.2 Å². The van der Waals surface area contributed by atoms with Crippen LogP contribution in [0.2, 0.25) is 0 Å². The van der Waals surface area contributed by atoms with Gasteiger partial charge in [0, 0.05) is 42.2 Å². The van der Waals surface area contributed by atoms with Crippen LogP contribution in [-0.4, -0.2) is 34.3 Å². The maximum absolute atomic E-state index is 11.8. The Morgan fingerprint density at radius 3 is 2.45 bits per heavy atom. The van der Waals surface area contributed by atoms with Gasteiger partial charge in [0.05, 0.1) is 29.7 Å². The highest BCUT2D eigenvalue weighted by Gasteiger charge is 2.42. The maximum atomic E-state index is 11.8. The number of sulfonamides is 1. The number of nitrogens with one attached hydrogen (secondary N) is 2. The number of nitrogens with zero attached hydrogens (tertiary/aromatic N) is 4. The normalized spacial score (nSPS) is 17.5. The van der Waals surface area contributed by atoms with E-state index in [2.05, 4.69) is 49.4 Å². The third kappa shape index (κ3) is 5.14. The van der Waals surface area contributed by atoms with Gasteiger partial charge in [0.2, 0.25) is 10.0 Å². The number of pyridine rings is 2. The van der Waals surface area contributed by atoms with Crippen molar-refractivity contribution in [1.29, 1.82) is 0 Å². The molecule has 0 aliphatic carbocycles. The molecule has 0 amide bonds. The second-order valence-corrected chi connectivity index (χ2v) is 11.8. The monoisotopic (exact) mass is 546 g/mol. The van der Waals surface area contributed by atoms with Crippen LogP contribution in [0.15, 0.2) is 73.2 Å². The third-order valence-corrected chi connectivity index (χ3v) is 7.81. The first-order valence-electron chi connectivity index (χ1n) is 12.3. The minimum absolute atomic E-state index is 0.164. The zero-order valence-electron chi connectivity index (χ0n) is 21.7. The SMILES string of the molecule is Cc1cc(N2C(=S)N[C@@H](c3ccccn3)[C@H]2c2cc(C)n(Cc3ccncc3)c2C)ccc1NS(C)(=O)=O. The Hall–Kier alpha value is -3.76. The highest BCUT2D eigenvalue weighted by Crippen LogP contribution is 2.44. The van der Waals surface area contributed by atoms with Crippen LogP contribution in [0, 0.1) is 20.8 Å². The topological polar surface area (TPSA) is 92.2 Å². The highest BCUT2D eigenvalue weighted by atomic mass is 32.2. The molecule has 1 fully saturated rings. The molecule has 0 spiro atoms. The van der Waals surface area contributed by atoms with Gasteiger partial charge in [0.25, 0.3) is 0 Å². The van der Waals surface area contributed by atoms with Crippen molar-refractivity contribution in [3.63, 3.8) is 0 Å². The van der Waals surface area contributed by atoms with E-state index in [9.17, 15) is 8.42 Å². The molecule has 2 atom stereocenters. The van der Waals surface area contributed by atoms with Crippen LogP contribution in [0.4, 0.5) is 11.4 Å². The van der Waals surface area contributed by atoms with Crippen molar-refractivity contribution >= 4 is 38.7 Å². The minimum Gasteiger partial charge on any atom is -0.351 e. The summed E-state index contributed by atoms with van der Waals surface area (Å²) < 4.78 is 28.5. The fraction of sp³-hybridized carbons (Fsp3) is 0.250. The molecule has 2 N–H and O–H groups in total. The molecular formula is C28H30N6O2S2. The lowest BCUT2D eigenvalue weighted by Gasteiger charge is -2.29. The van der Waals surface area contributed by atoms with Crippen molar-refractivity contribution in [2.45, 2.75) is 39.4 Å². The summed E-state index contributed by atoms with van der Waals surface area (Å²) in [6.45, 7) is 6.89. The summed E-state index contributed by atoms with van der Waals surface area (Å²) in [6.07, 6.45) is 6.57. The van der Waals surface area contributed by atoms with E-state index in [0.29, 0.717) is 10.8 Å². The molecule has 8 nitrogen and oxygen atoms in total. The quantitative estimate of drug-likeness (QED) is 0.322. The van der Waals surface area contributed by atoms with Gasteiger partial charge in [0.15, 0.2) is 5.11 Å². The molecule has 0 unspecified atom stereocenters. The zero-order chi connectivity index (χ0) is 27.0. The van der Waals surface area contributed by atoms with E-state index in [1.54, 1.807) is 12.3 Å². The number of aryl methyl sites for hydroxylation is 2. The predicted octanol–water partition coefficient (Wildman–Crippen LogP) is 4.80. The van der Waals surface area contributed by atoms with Gasteiger partial charge in [-0.3, -0.25) is 14.7 Å². The molecule has 10 heteroatoms. The number of thiocarbonyl (C=S) groups is 1. The molecule has 38 heavy (non-hydrogen) atoms. The molecule has 4 aromatic rings. The Balaban J connectivity index is 1.60. The second kappa shape index (κ2) is 10.2. The van der Waals surface area contributed by atoms with Crippen LogP contribution in [0.25, 0.3) is 0 Å². The van der Waals surface area contributed by atoms with Crippen LogP contribution in [0.3, 0.4) is 0 Å². The van der Waals surface area contributed by atoms with Crippen molar-refractivity contribution in [3.05, 3.63) is 107 Å². The van der Waals surface area contributed by atoms with Crippen molar-refractivity contribution in [2.75, 3.05) is 15.9 Å². The summed E-state index contributed by atoms with van der Waals surface area (Å²) in [5, 5.41) is 4.10. The van der Waals surface area contributed by atoms with E-state index >= 15 is 0 Å². The summed E-state index contributed by atoms with van der Waals surface area (Å²) in [5.41, 5.74) is 7.74. The first-order chi connectivity index (χ1) is 18.1. The van der Waals surface area contributed by atoms with Gasteiger partial charge in [-0.25, -0.2) is 8.42 Å². The Labute approximate surface area is 228 Å². The molecule has 0 bridgehead atoms. The molecule has 0 radical (unpaired) electrons. The Kier molecular flexibility index (Phi) is 6.93. The molecule has 1 aromatic carbocycles. The number of anilines is 2. The zero-order valence-corrected chi connectivity index (χ0v) is 23.3. The van der Waals surface area contributed by atoms with Gasteiger partial charge >= 0.3 is 0 Å². The molecule has 1 aliphatic heterocycles. The first kappa shape index (κ1) is 25.9. The number of aromatic nitrogens is 3. The van der Waals surface area contributed by atoms with Crippen molar-refractivity contribution in [2.24, 2.45) is 0 Å². The Morgan fingerprint density at radius 1 is 1.03 bits per heavy atom. The lowest BCUT2D eigenvalue weighted by molar-refractivity contribution is 0.563. The fourth-order valence-electron chi connectivity index (χ4n) is 5.10. The van der Waals surface area contributed by atoms with E-state index < -0.39 is 10.0 Å². The van der Waals surface area contributed by atoms with E-state index in [1.807, 2.05) is 61.8 Å². The molecule has 1 aliphatic rings. The molecular weight excluding hydrogens is 516 g/mol. The van der Waals surface area contributed by atoms with Gasteiger partial charge in [0.1, 0.15) is 0 Å². The Morgan fingerprint density at radius 2 is 1.79 bits per heavy atom. The summed E-state index contributed by atoms with van der Waals surface area (Å²) in [7, 11) is -3.39. The fourth-order valence-corrected chi connectivity index (χ4v) is 6.08. The number of hydrogen-bond donors (Lipinski definition) is 2. The third-order valence-electron chi connectivity index (χ3n) is 6.90. The smallest absolute Gasteiger partial charge is 0.229 e.